The van der Waals surface area contributed by atoms with Crippen LogP contribution in [0.4, 0.5) is 24.5 Å². The third kappa shape index (κ3) is 5.48. The lowest BCUT2D eigenvalue weighted by Gasteiger charge is -2.31. The first kappa shape index (κ1) is 30.5. The summed E-state index contributed by atoms with van der Waals surface area (Å²) in [5, 5.41) is 1.98. The van der Waals surface area contributed by atoms with Crippen LogP contribution in [-0.4, -0.2) is 41.8 Å². The monoisotopic (exact) mass is 655 g/mol. The Bertz CT molecular complexity index is 1870. The molecule has 0 bridgehead atoms. The number of alkyl halides is 3. The van der Waals surface area contributed by atoms with Crippen molar-refractivity contribution in [2.45, 2.75) is 28.9 Å². The molecule has 3 heterocycles. The minimum Gasteiger partial charge on any atom is -0.493 e. The molecule has 0 unspecified atom stereocenters. The zero-order valence-electron chi connectivity index (χ0n) is 23.7. The number of hydrogen-bond acceptors (Lipinski definition) is 8. The molecule has 3 aromatic carbocycles. The number of anilines is 2. The lowest BCUT2D eigenvalue weighted by atomic mass is 9.83. The third-order valence-electron chi connectivity index (χ3n) is 7.61. The van der Waals surface area contributed by atoms with Gasteiger partial charge in [0.05, 0.1) is 36.4 Å². The number of nitrogens with one attached hydrogen (secondary N) is 1. The second-order valence-electron chi connectivity index (χ2n) is 10.3. The standard InChI is InChI=1S/C31H24F3N3O6S2/c1-42-20-12-11-16(13-21(20)43-2)23-24-25(28(40)37(27(24)39)19-10-6-7-17(14-19)31(32,33)34)44-29-26(23)45-30(41)36(29)15-22(38)35-18-8-4-3-5-9-18/h3-14,23-25H,15H2,1-2H3,(H,35,38)/t23-,24+,25-/m0/s1. The average molecular weight is 656 g/mol. The van der Waals surface area contributed by atoms with Crippen LogP contribution < -0.4 is 24.6 Å². The van der Waals surface area contributed by atoms with E-state index in [9.17, 15) is 32.3 Å². The fraction of sp³-hybridized carbons (Fsp3) is 0.226. The van der Waals surface area contributed by atoms with E-state index in [-0.39, 0.29) is 12.2 Å². The van der Waals surface area contributed by atoms with Crippen LogP contribution >= 0.6 is 23.1 Å². The van der Waals surface area contributed by atoms with Crippen molar-refractivity contribution in [1.82, 2.24) is 4.57 Å². The lowest BCUT2D eigenvalue weighted by molar-refractivity contribution is -0.137. The van der Waals surface area contributed by atoms with E-state index in [0.29, 0.717) is 32.7 Å². The topological polar surface area (TPSA) is 107 Å². The summed E-state index contributed by atoms with van der Waals surface area (Å²) >= 11 is 1.81. The molecule has 14 heteroatoms. The van der Waals surface area contributed by atoms with E-state index in [0.717, 1.165) is 46.2 Å². The first-order valence-electron chi connectivity index (χ1n) is 13.5. The van der Waals surface area contributed by atoms with Crippen molar-refractivity contribution in [3.8, 4) is 11.5 Å². The van der Waals surface area contributed by atoms with Crippen molar-refractivity contribution < 1.29 is 37.0 Å². The minimum atomic E-state index is -4.69. The number of amides is 3. The number of thioether (sulfide) groups is 1. The smallest absolute Gasteiger partial charge is 0.416 e. The maximum atomic E-state index is 14.1. The van der Waals surface area contributed by atoms with Crippen LogP contribution in [0.3, 0.4) is 0 Å². The number of fused-ring (bicyclic) bond motifs is 2. The highest BCUT2D eigenvalue weighted by Gasteiger charge is 2.57. The van der Waals surface area contributed by atoms with Crippen molar-refractivity contribution >= 4 is 52.2 Å². The fourth-order valence-corrected chi connectivity index (χ4v) is 8.38. The molecule has 6 rings (SSSR count). The molecule has 3 atom stereocenters. The van der Waals surface area contributed by atoms with Crippen LogP contribution in [0.5, 0.6) is 11.5 Å². The minimum absolute atomic E-state index is 0.205. The van der Waals surface area contributed by atoms with Gasteiger partial charge in [0, 0.05) is 16.5 Å². The normalized spacial score (nSPS) is 19.2. The van der Waals surface area contributed by atoms with Gasteiger partial charge in [-0.15, -0.1) is 0 Å². The molecule has 4 aromatic rings. The Balaban J connectivity index is 1.45. The number of hydrogen-bond donors (Lipinski definition) is 1. The number of aromatic nitrogens is 1. The highest BCUT2D eigenvalue weighted by molar-refractivity contribution is 8.00. The third-order valence-corrected chi connectivity index (χ3v) is 10.2. The zero-order chi connectivity index (χ0) is 32.0. The molecule has 0 saturated carbocycles. The Morgan fingerprint density at radius 2 is 1.64 bits per heavy atom. The summed E-state index contributed by atoms with van der Waals surface area (Å²) in [6.45, 7) is -0.359. The molecule has 0 spiro atoms. The summed E-state index contributed by atoms with van der Waals surface area (Å²) in [4.78, 5) is 55.1. The number of imide groups is 1. The van der Waals surface area contributed by atoms with E-state index in [2.05, 4.69) is 5.32 Å². The lowest BCUT2D eigenvalue weighted by Crippen LogP contribution is -2.33. The second kappa shape index (κ2) is 11.7. The van der Waals surface area contributed by atoms with Crippen LogP contribution in [-0.2, 0) is 27.1 Å². The van der Waals surface area contributed by atoms with Crippen LogP contribution in [0.15, 0.2) is 82.6 Å². The van der Waals surface area contributed by atoms with Crippen LogP contribution in [0.1, 0.15) is 21.9 Å². The molecule has 2 aliphatic rings. The van der Waals surface area contributed by atoms with Gasteiger partial charge < -0.3 is 14.8 Å². The van der Waals surface area contributed by atoms with E-state index in [4.69, 9.17) is 9.47 Å². The van der Waals surface area contributed by atoms with Gasteiger partial charge in [0.1, 0.15) is 11.8 Å². The maximum Gasteiger partial charge on any atom is 0.416 e. The molecule has 232 valence electrons. The van der Waals surface area contributed by atoms with Gasteiger partial charge in [-0.05, 0) is 48.0 Å². The van der Waals surface area contributed by atoms with Gasteiger partial charge in [0.25, 0.3) is 0 Å². The summed E-state index contributed by atoms with van der Waals surface area (Å²) < 4.78 is 52.7. The molecule has 3 amide bonds. The molecule has 45 heavy (non-hydrogen) atoms. The van der Waals surface area contributed by atoms with Gasteiger partial charge in [-0.25, -0.2) is 4.90 Å². The van der Waals surface area contributed by atoms with Gasteiger partial charge in [0.2, 0.25) is 17.7 Å². The van der Waals surface area contributed by atoms with Crippen LogP contribution in [0, 0.1) is 5.92 Å². The number of thiazole rings is 1. The van der Waals surface area contributed by atoms with Gasteiger partial charge in [-0.3, -0.25) is 23.7 Å². The van der Waals surface area contributed by atoms with E-state index < -0.39 is 51.4 Å². The number of halogens is 3. The molecule has 2 aliphatic heterocycles. The van der Waals surface area contributed by atoms with E-state index in [1.165, 1.54) is 24.9 Å². The zero-order valence-corrected chi connectivity index (χ0v) is 25.3. The highest BCUT2D eigenvalue weighted by atomic mass is 32.2. The summed E-state index contributed by atoms with van der Waals surface area (Å²) in [5.41, 5.74) is -0.150. The summed E-state index contributed by atoms with van der Waals surface area (Å²) in [5.74, 6) is -3.06. The van der Waals surface area contributed by atoms with Crippen molar-refractivity contribution in [2.75, 3.05) is 24.4 Å². The Hall–Kier alpha value is -4.56. The predicted molar refractivity (Wildman–Crippen MR) is 162 cm³/mol. The van der Waals surface area contributed by atoms with E-state index >= 15 is 0 Å². The Kier molecular flexibility index (Phi) is 7.95. The summed E-state index contributed by atoms with van der Waals surface area (Å²) in [6, 6.07) is 17.7. The van der Waals surface area contributed by atoms with Crippen molar-refractivity contribution in [3.05, 3.63) is 98.5 Å². The second-order valence-corrected chi connectivity index (χ2v) is 12.4. The van der Waals surface area contributed by atoms with Crippen LogP contribution in [0.25, 0.3) is 0 Å². The number of rotatable bonds is 7. The number of para-hydroxylation sites is 1. The van der Waals surface area contributed by atoms with Crippen LogP contribution in [0.2, 0.25) is 0 Å². The number of benzene rings is 3. The Morgan fingerprint density at radius 1 is 0.911 bits per heavy atom. The number of nitrogens with zero attached hydrogens (tertiary/aromatic N) is 2. The van der Waals surface area contributed by atoms with Gasteiger partial charge in [-0.1, -0.05) is 53.4 Å². The summed E-state index contributed by atoms with van der Waals surface area (Å²) in [6.07, 6.45) is -4.69. The van der Waals surface area contributed by atoms with Crippen molar-refractivity contribution in [2.24, 2.45) is 5.92 Å². The molecular formula is C31H24F3N3O6S2. The van der Waals surface area contributed by atoms with Gasteiger partial charge >= 0.3 is 11.0 Å². The van der Waals surface area contributed by atoms with Crippen molar-refractivity contribution in [3.63, 3.8) is 0 Å². The summed E-state index contributed by atoms with van der Waals surface area (Å²) in [7, 11) is 2.90. The quantitative estimate of drug-likeness (QED) is 0.267. The first-order valence-corrected chi connectivity index (χ1v) is 15.2. The SMILES string of the molecule is COc1ccc([C@@H]2c3sc(=O)n(CC(=O)Nc4ccccc4)c3S[C@@H]3C(=O)N(c4cccc(C(F)(F)F)c4)C(=O)[C@H]23)cc1OC. The molecule has 0 radical (unpaired) electrons. The largest absolute Gasteiger partial charge is 0.493 e. The Morgan fingerprint density at radius 3 is 2.33 bits per heavy atom. The van der Waals surface area contributed by atoms with E-state index in [1.54, 1.807) is 48.5 Å². The van der Waals surface area contributed by atoms with E-state index in [1.807, 2.05) is 0 Å². The average Bonchev–Trinajstić information content (AvgIpc) is 3.46. The molecule has 1 saturated heterocycles. The number of carbonyl (C=O) groups excluding carboxylic acids is 3. The van der Waals surface area contributed by atoms with Crippen molar-refractivity contribution in [1.29, 1.82) is 0 Å². The first-order chi connectivity index (χ1) is 21.5. The number of carbonyl (C=O) groups is 3. The predicted octanol–water partition coefficient (Wildman–Crippen LogP) is 5.38. The highest BCUT2D eigenvalue weighted by Crippen LogP contribution is 2.54. The number of ether oxygens (including phenoxy) is 2. The van der Waals surface area contributed by atoms with Gasteiger partial charge in [-0.2, -0.15) is 13.2 Å². The molecule has 1 fully saturated rings. The molecule has 0 aliphatic carbocycles. The Labute approximate surface area is 262 Å². The molecule has 1 aromatic heterocycles. The molecule has 9 nitrogen and oxygen atoms in total. The number of methoxy groups -OCH3 is 2. The fourth-order valence-electron chi connectivity index (χ4n) is 5.60. The molecular weight excluding hydrogens is 631 g/mol. The maximum absolute atomic E-state index is 14.1. The molecule has 1 N–H and O–H groups in total. The van der Waals surface area contributed by atoms with Gasteiger partial charge in [0.15, 0.2) is 11.5 Å².